The SMILES string of the molecule is CC(=O)N(c1nc(COC(=O)CNC(=O)c2ccc3c(c2)OCO3)cs1)c1cccc(C)c1C. The molecular weight excluding hydrogens is 458 g/mol. The van der Waals surface area contributed by atoms with Crippen molar-refractivity contribution in [1.82, 2.24) is 10.3 Å². The lowest BCUT2D eigenvalue weighted by molar-refractivity contribution is -0.143. The number of carbonyl (C=O) groups is 3. The van der Waals surface area contributed by atoms with Crippen molar-refractivity contribution in [2.75, 3.05) is 18.2 Å². The normalized spacial score (nSPS) is 11.7. The molecule has 1 aromatic heterocycles. The molecule has 0 spiro atoms. The van der Waals surface area contributed by atoms with Crippen LogP contribution >= 0.6 is 11.3 Å². The van der Waals surface area contributed by atoms with E-state index in [0.717, 1.165) is 16.8 Å². The molecule has 10 heteroatoms. The van der Waals surface area contributed by atoms with Gasteiger partial charge in [0.2, 0.25) is 12.7 Å². The zero-order valence-electron chi connectivity index (χ0n) is 18.9. The second kappa shape index (κ2) is 9.92. The molecule has 4 rings (SSSR count). The zero-order valence-corrected chi connectivity index (χ0v) is 19.7. The molecule has 0 aliphatic carbocycles. The average Bonchev–Trinajstić information content (AvgIpc) is 3.48. The number of hydrogen-bond donors (Lipinski definition) is 1. The lowest BCUT2D eigenvalue weighted by Crippen LogP contribution is -2.30. The molecule has 0 saturated heterocycles. The van der Waals surface area contributed by atoms with Crippen molar-refractivity contribution in [3.05, 3.63) is 64.2 Å². The first kappa shape index (κ1) is 23.2. The summed E-state index contributed by atoms with van der Waals surface area (Å²) < 4.78 is 15.7. The van der Waals surface area contributed by atoms with Crippen LogP contribution in [0.2, 0.25) is 0 Å². The number of amides is 2. The molecule has 176 valence electrons. The van der Waals surface area contributed by atoms with E-state index in [1.54, 1.807) is 28.5 Å². The van der Waals surface area contributed by atoms with E-state index in [9.17, 15) is 14.4 Å². The van der Waals surface area contributed by atoms with Crippen molar-refractivity contribution >= 4 is 39.9 Å². The summed E-state index contributed by atoms with van der Waals surface area (Å²) >= 11 is 1.28. The van der Waals surface area contributed by atoms with Gasteiger partial charge in [0.15, 0.2) is 16.6 Å². The van der Waals surface area contributed by atoms with Crippen LogP contribution in [0.5, 0.6) is 11.5 Å². The Morgan fingerprint density at radius 2 is 1.94 bits per heavy atom. The van der Waals surface area contributed by atoms with Crippen LogP contribution in [0, 0.1) is 13.8 Å². The number of benzene rings is 2. The second-order valence-electron chi connectivity index (χ2n) is 7.61. The minimum absolute atomic E-state index is 0.0756. The fraction of sp³-hybridized carbons (Fsp3) is 0.250. The van der Waals surface area contributed by atoms with Crippen molar-refractivity contribution < 1.29 is 28.6 Å². The summed E-state index contributed by atoms with van der Waals surface area (Å²) in [6.45, 7) is 5.15. The van der Waals surface area contributed by atoms with Crippen LogP contribution in [0.3, 0.4) is 0 Å². The van der Waals surface area contributed by atoms with Gasteiger partial charge in [-0.2, -0.15) is 0 Å². The second-order valence-corrected chi connectivity index (χ2v) is 8.44. The van der Waals surface area contributed by atoms with Gasteiger partial charge in [-0.05, 0) is 49.2 Å². The number of rotatable bonds is 7. The molecule has 2 aromatic carbocycles. The predicted octanol–water partition coefficient (Wildman–Crippen LogP) is 3.65. The lowest BCUT2D eigenvalue weighted by atomic mass is 10.1. The molecule has 0 saturated carbocycles. The summed E-state index contributed by atoms with van der Waals surface area (Å²) in [7, 11) is 0. The number of fused-ring (bicyclic) bond motifs is 1. The molecule has 34 heavy (non-hydrogen) atoms. The van der Waals surface area contributed by atoms with Crippen LogP contribution in [-0.4, -0.2) is 36.1 Å². The van der Waals surface area contributed by atoms with Crippen molar-refractivity contribution in [2.45, 2.75) is 27.4 Å². The highest BCUT2D eigenvalue weighted by molar-refractivity contribution is 7.14. The number of ether oxygens (including phenoxy) is 3. The minimum atomic E-state index is -0.610. The van der Waals surface area contributed by atoms with Crippen molar-refractivity contribution in [3.8, 4) is 11.5 Å². The molecule has 1 N–H and O–H groups in total. The van der Waals surface area contributed by atoms with E-state index in [1.807, 2.05) is 32.0 Å². The van der Waals surface area contributed by atoms with Crippen LogP contribution in [-0.2, 0) is 20.9 Å². The maximum absolute atomic E-state index is 12.4. The van der Waals surface area contributed by atoms with E-state index >= 15 is 0 Å². The Labute approximate surface area is 200 Å². The maximum atomic E-state index is 12.4. The Balaban J connectivity index is 1.33. The van der Waals surface area contributed by atoms with Gasteiger partial charge < -0.3 is 19.5 Å². The Hall–Kier alpha value is -3.92. The fourth-order valence-electron chi connectivity index (χ4n) is 3.35. The van der Waals surface area contributed by atoms with Crippen molar-refractivity contribution in [1.29, 1.82) is 0 Å². The topological polar surface area (TPSA) is 107 Å². The molecule has 3 aromatic rings. The van der Waals surface area contributed by atoms with Gasteiger partial charge >= 0.3 is 5.97 Å². The molecule has 2 heterocycles. The monoisotopic (exact) mass is 481 g/mol. The molecule has 0 atom stereocenters. The fourth-order valence-corrected chi connectivity index (χ4v) is 4.21. The maximum Gasteiger partial charge on any atom is 0.325 e. The molecular formula is C24H23N3O6S. The van der Waals surface area contributed by atoms with E-state index < -0.39 is 11.9 Å². The van der Waals surface area contributed by atoms with Crippen LogP contribution in [0.15, 0.2) is 41.8 Å². The van der Waals surface area contributed by atoms with E-state index in [4.69, 9.17) is 14.2 Å². The van der Waals surface area contributed by atoms with Crippen LogP contribution in [0.25, 0.3) is 0 Å². The van der Waals surface area contributed by atoms with Crippen LogP contribution in [0.4, 0.5) is 10.8 Å². The Morgan fingerprint density at radius 1 is 1.15 bits per heavy atom. The standard InChI is InChI=1S/C24H23N3O6S/c1-14-5-4-6-19(15(14)2)27(16(3)28)24-26-18(12-34-24)11-31-22(29)10-25-23(30)17-7-8-20-21(9-17)33-13-32-20/h4-9,12H,10-11,13H2,1-3H3,(H,25,30). The molecule has 0 radical (unpaired) electrons. The van der Waals surface area contributed by atoms with Gasteiger partial charge in [-0.1, -0.05) is 12.1 Å². The van der Waals surface area contributed by atoms with Gasteiger partial charge in [0.25, 0.3) is 5.91 Å². The van der Waals surface area contributed by atoms with E-state index in [-0.39, 0.29) is 25.9 Å². The van der Waals surface area contributed by atoms with Gasteiger partial charge in [0, 0.05) is 17.9 Å². The number of esters is 1. The van der Waals surface area contributed by atoms with Gasteiger partial charge in [-0.25, -0.2) is 4.98 Å². The highest BCUT2D eigenvalue weighted by Gasteiger charge is 2.21. The largest absolute Gasteiger partial charge is 0.458 e. The third-order valence-electron chi connectivity index (χ3n) is 5.27. The summed E-state index contributed by atoms with van der Waals surface area (Å²) in [5, 5.41) is 4.74. The van der Waals surface area contributed by atoms with Crippen LogP contribution < -0.4 is 19.7 Å². The summed E-state index contributed by atoms with van der Waals surface area (Å²) in [6, 6.07) is 10.5. The Morgan fingerprint density at radius 3 is 2.74 bits per heavy atom. The third kappa shape index (κ3) is 5.01. The van der Waals surface area contributed by atoms with Crippen molar-refractivity contribution in [3.63, 3.8) is 0 Å². The minimum Gasteiger partial charge on any atom is -0.458 e. The number of nitrogens with zero attached hydrogens (tertiary/aromatic N) is 2. The predicted molar refractivity (Wildman–Crippen MR) is 126 cm³/mol. The number of nitrogens with one attached hydrogen (secondary N) is 1. The zero-order chi connectivity index (χ0) is 24.2. The number of hydrogen-bond acceptors (Lipinski definition) is 8. The molecule has 2 amide bonds. The highest BCUT2D eigenvalue weighted by atomic mass is 32.1. The van der Waals surface area contributed by atoms with E-state index in [0.29, 0.717) is 27.9 Å². The first-order valence-electron chi connectivity index (χ1n) is 10.5. The summed E-state index contributed by atoms with van der Waals surface area (Å²) in [6.07, 6.45) is 0. The number of anilines is 2. The highest BCUT2D eigenvalue weighted by Crippen LogP contribution is 2.33. The molecule has 0 fully saturated rings. The molecule has 0 bridgehead atoms. The summed E-state index contributed by atoms with van der Waals surface area (Å²) in [4.78, 5) is 42.8. The van der Waals surface area contributed by atoms with Gasteiger partial charge in [0.05, 0.1) is 11.4 Å². The molecule has 1 aliphatic heterocycles. The molecule has 9 nitrogen and oxygen atoms in total. The quantitative estimate of drug-likeness (QED) is 0.514. The van der Waals surface area contributed by atoms with Gasteiger partial charge in [0.1, 0.15) is 13.2 Å². The summed E-state index contributed by atoms with van der Waals surface area (Å²) in [5.74, 6) is -0.161. The van der Waals surface area contributed by atoms with Crippen molar-refractivity contribution in [2.24, 2.45) is 0 Å². The van der Waals surface area contributed by atoms with Gasteiger partial charge in [-0.3, -0.25) is 19.3 Å². The number of carbonyl (C=O) groups excluding carboxylic acids is 3. The van der Waals surface area contributed by atoms with E-state index in [1.165, 1.54) is 18.3 Å². The lowest BCUT2D eigenvalue weighted by Gasteiger charge is -2.21. The van der Waals surface area contributed by atoms with E-state index in [2.05, 4.69) is 10.3 Å². The Bertz CT molecular complexity index is 1260. The summed E-state index contributed by atoms with van der Waals surface area (Å²) in [5.41, 5.74) is 3.66. The number of aryl methyl sites for hydroxylation is 1. The average molecular weight is 482 g/mol. The Kier molecular flexibility index (Phi) is 6.78. The smallest absolute Gasteiger partial charge is 0.325 e. The number of thiazole rings is 1. The third-order valence-corrected chi connectivity index (χ3v) is 6.15. The first-order chi connectivity index (χ1) is 16.3. The van der Waals surface area contributed by atoms with Gasteiger partial charge in [-0.15, -0.1) is 11.3 Å². The first-order valence-corrected chi connectivity index (χ1v) is 11.4. The number of aromatic nitrogens is 1. The molecule has 0 unspecified atom stereocenters. The molecule has 1 aliphatic rings. The van der Waals surface area contributed by atoms with Crippen LogP contribution in [0.1, 0.15) is 34.1 Å².